The predicted molar refractivity (Wildman–Crippen MR) is 102 cm³/mol. The van der Waals surface area contributed by atoms with Crippen LogP contribution in [0.5, 0.6) is 0 Å². The van der Waals surface area contributed by atoms with Crippen molar-refractivity contribution in [2.45, 2.75) is 18.4 Å². The second-order valence-electron chi connectivity index (χ2n) is 6.89. The summed E-state index contributed by atoms with van der Waals surface area (Å²) in [6.07, 6.45) is 0. The molecule has 1 atom stereocenters. The van der Waals surface area contributed by atoms with Gasteiger partial charge in [-0.1, -0.05) is 78.4 Å². The maximum Gasteiger partial charge on any atom is 0.340 e. The van der Waals surface area contributed by atoms with Crippen LogP contribution in [0, 0.1) is 6.92 Å². The smallest absolute Gasteiger partial charge is 0.333 e. The molecule has 28 heavy (non-hydrogen) atoms. The fourth-order valence-corrected chi connectivity index (χ4v) is 3.71. The van der Waals surface area contributed by atoms with Crippen LogP contribution in [0.25, 0.3) is 0 Å². The second kappa shape index (κ2) is 6.37. The molecular formula is C23H17F2NO2. The van der Waals surface area contributed by atoms with E-state index in [1.165, 1.54) is 48.5 Å². The number of aryl methyl sites for hydroxylation is 1. The molecule has 3 aromatic rings. The number of nitrogens with one attached hydrogen (secondary N) is 1. The normalized spacial score (nSPS) is 18.5. The Hall–Kier alpha value is -3.34. The van der Waals surface area contributed by atoms with Crippen molar-refractivity contribution in [3.8, 4) is 0 Å². The van der Waals surface area contributed by atoms with Gasteiger partial charge in [0.2, 0.25) is 5.78 Å². The number of carbonyl (C=O) groups is 2. The monoisotopic (exact) mass is 377 g/mol. The van der Waals surface area contributed by atoms with Crippen LogP contribution in [0.4, 0.5) is 8.78 Å². The molecular weight excluding hydrogens is 360 g/mol. The minimum atomic E-state index is -3.91. The molecule has 0 fully saturated rings. The summed E-state index contributed by atoms with van der Waals surface area (Å²) in [6, 6.07) is 20.0. The molecule has 1 aliphatic rings. The number of halogens is 2. The summed E-state index contributed by atoms with van der Waals surface area (Å²) < 4.78 is 31.9. The van der Waals surface area contributed by atoms with Gasteiger partial charge in [-0.25, -0.2) is 0 Å². The number of hydrogen-bond acceptors (Lipinski definition) is 2. The van der Waals surface area contributed by atoms with Crippen LogP contribution in [-0.4, -0.2) is 17.6 Å². The molecule has 0 saturated heterocycles. The van der Waals surface area contributed by atoms with E-state index >= 15 is 8.78 Å². The Morgan fingerprint density at radius 1 is 0.893 bits per heavy atom. The molecule has 0 radical (unpaired) electrons. The third-order valence-electron chi connectivity index (χ3n) is 5.15. The van der Waals surface area contributed by atoms with Crippen molar-refractivity contribution in [1.82, 2.24) is 5.32 Å². The third kappa shape index (κ3) is 2.47. The van der Waals surface area contributed by atoms with E-state index < -0.39 is 23.2 Å². The molecule has 0 aromatic heterocycles. The summed E-state index contributed by atoms with van der Waals surface area (Å²) in [5.41, 5.74) is -1.11. The Balaban J connectivity index is 1.99. The molecule has 1 N–H and O–H groups in total. The van der Waals surface area contributed by atoms with E-state index in [0.29, 0.717) is 0 Å². The highest BCUT2D eigenvalue weighted by Gasteiger charge is 2.65. The Morgan fingerprint density at radius 2 is 1.50 bits per heavy atom. The largest absolute Gasteiger partial charge is 0.340 e. The number of benzene rings is 3. The molecule has 0 saturated carbocycles. The molecule has 0 spiro atoms. The lowest BCUT2D eigenvalue weighted by Gasteiger charge is -2.37. The van der Waals surface area contributed by atoms with Gasteiger partial charge >= 0.3 is 5.92 Å². The van der Waals surface area contributed by atoms with Gasteiger partial charge < -0.3 is 5.32 Å². The number of carbonyl (C=O) groups excluding carboxylic acids is 2. The molecule has 4 rings (SSSR count). The van der Waals surface area contributed by atoms with Gasteiger partial charge in [0, 0.05) is 16.7 Å². The van der Waals surface area contributed by atoms with Crippen molar-refractivity contribution in [3.05, 3.63) is 107 Å². The van der Waals surface area contributed by atoms with Gasteiger partial charge in [0.15, 0.2) is 5.54 Å². The van der Waals surface area contributed by atoms with Gasteiger partial charge in [0.25, 0.3) is 5.91 Å². The second-order valence-corrected chi connectivity index (χ2v) is 6.89. The number of rotatable bonds is 4. The lowest BCUT2D eigenvalue weighted by Crippen LogP contribution is -2.58. The van der Waals surface area contributed by atoms with E-state index in [-0.39, 0.29) is 22.3 Å². The number of amides is 1. The molecule has 0 unspecified atom stereocenters. The first-order valence-corrected chi connectivity index (χ1v) is 8.85. The lowest BCUT2D eigenvalue weighted by atomic mass is 9.75. The highest BCUT2D eigenvalue weighted by Crippen LogP contribution is 2.49. The van der Waals surface area contributed by atoms with Crippen LogP contribution in [0.1, 0.15) is 37.4 Å². The summed E-state index contributed by atoms with van der Waals surface area (Å²) in [7, 11) is 0. The number of fused-ring (bicyclic) bond motifs is 1. The quantitative estimate of drug-likeness (QED) is 0.681. The third-order valence-corrected chi connectivity index (χ3v) is 5.15. The molecule has 1 amide bonds. The van der Waals surface area contributed by atoms with Gasteiger partial charge in [0.05, 0.1) is 0 Å². The van der Waals surface area contributed by atoms with Gasteiger partial charge in [-0.15, -0.1) is 0 Å². The summed E-state index contributed by atoms with van der Waals surface area (Å²) in [6.45, 7) is 1.84. The molecule has 1 aliphatic heterocycles. The van der Waals surface area contributed by atoms with Crippen molar-refractivity contribution in [2.24, 2.45) is 0 Å². The van der Waals surface area contributed by atoms with E-state index in [0.717, 1.165) is 5.56 Å². The highest BCUT2D eigenvalue weighted by atomic mass is 19.3. The summed E-state index contributed by atoms with van der Waals surface area (Å²) in [4.78, 5) is 25.5. The standard InChI is InChI=1S/C23H17F2NO2/c1-15-11-13-17(14-12-15)22(19-10-6-5-9-18(19)21(28)26-22)23(24,25)20(27)16-7-3-2-4-8-16/h2-14H,1H3,(H,26,28)/t22-/m0/s1. The van der Waals surface area contributed by atoms with Crippen LogP contribution in [0.15, 0.2) is 78.9 Å². The fourth-order valence-electron chi connectivity index (χ4n) is 3.71. The lowest BCUT2D eigenvalue weighted by molar-refractivity contribution is -0.0411. The van der Waals surface area contributed by atoms with Gasteiger partial charge in [-0.3, -0.25) is 9.59 Å². The first-order valence-electron chi connectivity index (χ1n) is 8.85. The number of alkyl halides is 2. The van der Waals surface area contributed by atoms with Gasteiger partial charge in [-0.05, 0) is 18.6 Å². The van der Waals surface area contributed by atoms with Crippen LogP contribution in [-0.2, 0) is 5.54 Å². The number of ketones is 1. The minimum Gasteiger partial charge on any atom is -0.333 e. The van der Waals surface area contributed by atoms with Crippen LogP contribution < -0.4 is 5.32 Å². The van der Waals surface area contributed by atoms with Crippen molar-refractivity contribution >= 4 is 11.7 Å². The van der Waals surface area contributed by atoms with Gasteiger partial charge in [-0.2, -0.15) is 8.78 Å². The molecule has 3 nitrogen and oxygen atoms in total. The summed E-state index contributed by atoms with van der Waals surface area (Å²) >= 11 is 0. The average Bonchev–Trinajstić information content (AvgIpc) is 3.03. The Bertz CT molecular complexity index is 1060. The molecule has 140 valence electrons. The molecule has 5 heteroatoms. The number of hydrogen-bond donors (Lipinski definition) is 1. The first kappa shape index (κ1) is 18.0. The topological polar surface area (TPSA) is 46.2 Å². The fraction of sp³-hybridized carbons (Fsp3) is 0.130. The van der Waals surface area contributed by atoms with Crippen molar-refractivity contribution in [3.63, 3.8) is 0 Å². The first-order chi connectivity index (χ1) is 13.4. The van der Waals surface area contributed by atoms with E-state index in [1.54, 1.807) is 30.3 Å². The maximum absolute atomic E-state index is 15.9. The zero-order chi connectivity index (χ0) is 19.9. The van der Waals surface area contributed by atoms with Gasteiger partial charge in [0.1, 0.15) is 0 Å². The summed E-state index contributed by atoms with van der Waals surface area (Å²) in [5.74, 6) is -5.88. The minimum absolute atomic E-state index is 0.0955. The SMILES string of the molecule is Cc1ccc([C@]2(C(F)(F)C(=O)c3ccccc3)NC(=O)c3ccccc32)cc1. The van der Waals surface area contributed by atoms with Crippen molar-refractivity contribution in [1.29, 1.82) is 0 Å². The maximum atomic E-state index is 15.9. The summed E-state index contributed by atoms with van der Waals surface area (Å²) in [5, 5.41) is 2.45. The van der Waals surface area contributed by atoms with Crippen LogP contribution in [0.2, 0.25) is 0 Å². The molecule has 0 aliphatic carbocycles. The van der Waals surface area contributed by atoms with E-state index in [4.69, 9.17) is 0 Å². The predicted octanol–water partition coefficient (Wildman–Crippen LogP) is 4.50. The van der Waals surface area contributed by atoms with Crippen LogP contribution >= 0.6 is 0 Å². The van der Waals surface area contributed by atoms with Crippen molar-refractivity contribution < 1.29 is 18.4 Å². The molecule has 1 heterocycles. The van der Waals surface area contributed by atoms with Crippen molar-refractivity contribution in [2.75, 3.05) is 0 Å². The van der Waals surface area contributed by atoms with E-state index in [1.807, 2.05) is 6.92 Å². The Labute approximate surface area is 161 Å². The zero-order valence-electron chi connectivity index (χ0n) is 15.1. The molecule has 3 aromatic carbocycles. The number of Topliss-reactive ketones (excluding diaryl/α,β-unsaturated/α-hetero) is 1. The van der Waals surface area contributed by atoms with Crippen LogP contribution in [0.3, 0.4) is 0 Å². The molecule has 0 bridgehead atoms. The highest BCUT2D eigenvalue weighted by molar-refractivity contribution is 6.07. The Morgan fingerprint density at radius 3 is 2.18 bits per heavy atom. The average molecular weight is 377 g/mol. The van der Waals surface area contributed by atoms with E-state index in [9.17, 15) is 9.59 Å². The zero-order valence-corrected chi connectivity index (χ0v) is 15.1. The Kier molecular flexibility index (Phi) is 4.11. The van der Waals surface area contributed by atoms with E-state index in [2.05, 4.69) is 5.32 Å².